The molecule has 0 radical (unpaired) electrons. The van der Waals surface area contributed by atoms with Gasteiger partial charge in [0.05, 0.1) is 5.56 Å². The summed E-state index contributed by atoms with van der Waals surface area (Å²) in [5.41, 5.74) is 10.8. The van der Waals surface area contributed by atoms with E-state index in [0.29, 0.717) is 22.1 Å². The summed E-state index contributed by atoms with van der Waals surface area (Å²) >= 11 is 0. The van der Waals surface area contributed by atoms with Gasteiger partial charge in [0.2, 0.25) is 0 Å². The second-order valence-corrected chi connectivity index (χ2v) is 15.3. The van der Waals surface area contributed by atoms with E-state index >= 15 is 0 Å². The van der Waals surface area contributed by atoms with Gasteiger partial charge in [-0.25, -0.2) is 14.8 Å². The zero-order valence-electron chi connectivity index (χ0n) is 30.5. The van der Waals surface area contributed by atoms with Crippen LogP contribution in [0.25, 0.3) is 0 Å². The number of nitrogens with one attached hydrogen (secondary N) is 1. The zero-order valence-corrected chi connectivity index (χ0v) is 30.5. The number of aromatic carboxylic acids is 1. The average molecular weight is 707 g/mol. The van der Waals surface area contributed by atoms with Gasteiger partial charge in [0.1, 0.15) is 11.4 Å². The Morgan fingerprint density at radius 3 is 1.51 bits per heavy atom. The van der Waals surface area contributed by atoms with Crippen molar-refractivity contribution in [2.24, 2.45) is 28.4 Å². The smallest absolute Gasteiger partial charge is 0.335 e. The molecule has 2 aromatic carbocycles. The first-order valence-electron chi connectivity index (χ1n) is 19.1. The average Bonchev–Trinajstić information content (AvgIpc) is 4.12. The lowest BCUT2D eigenvalue weighted by atomic mass is 9.65. The number of carboxylic acid groups (broad SMARTS) is 1. The lowest BCUT2D eigenvalue weighted by Gasteiger charge is -2.42. The third kappa shape index (κ3) is 11.6. The minimum atomic E-state index is -0.936. The van der Waals surface area contributed by atoms with Crippen molar-refractivity contribution >= 4 is 11.9 Å². The van der Waals surface area contributed by atoms with Crippen LogP contribution in [-0.2, 0) is 0 Å². The molecule has 4 saturated carbocycles. The summed E-state index contributed by atoms with van der Waals surface area (Å²) in [5, 5.41) is 11.9. The Morgan fingerprint density at radius 2 is 1.13 bits per heavy atom. The summed E-state index contributed by atoms with van der Waals surface area (Å²) in [4.78, 5) is 31.4. The standard InChI is InChI=1S/C23H24N2O.C14H9NO2.C9H17N/c26-22(25-17-23(13-3-14-23)16-19-5-6-19)20-10-7-18(8-11-20)9-12-21-4-1-2-15-24-21;16-14(17)12-7-4-11(5-8-12)6-9-13-3-1-2-10-15-13;10-7-9(4-1-5-9)6-8-2-3-8/h1-2,4,7-8,10-11,15,19H,3,5-6,13-14,16-17H2,(H,25,26);1-5,7-8,10H,(H,16,17);8H,1-7,10H2. The summed E-state index contributed by atoms with van der Waals surface area (Å²) in [6.07, 6.45) is 20.0. The molecule has 0 spiro atoms. The molecule has 7 heteroatoms. The van der Waals surface area contributed by atoms with Crippen LogP contribution in [0.3, 0.4) is 0 Å². The monoisotopic (exact) mass is 706 g/mol. The van der Waals surface area contributed by atoms with Crippen molar-refractivity contribution in [3.05, 3.63) is 131 Å². The Hall–Kier alpha value is -5.24. The van der Waals surface area contributed by atoms with Crippen LogP contribution >= 0.6 is 0 Å². The molecule has 2 aromatic heterocycles. The van der Waals surface area contributed by atoms with Gasteiger partial charge in [-0.1, -0.05) is 62.5 Å². The minimum Gasteiger partial charge on any atom is -0.478 e. The van der Waals surface area contributed by atoms with Crippen molar-refractivity contribution in [1.29, 1.82) is 0 Å². The number of benzene rings is 2. The number of amides is 1. The van der Waals surface area contributed by atoms with Crippen LogP contribution in [0.4, 0.5) is 0 Å². The summed E-state index contributed by atoms with van der Waals surface area (Å²) in [6, 6.07) is 25.1. The fourth-order valence-corrected chi connectivity index (χ4v) is 7.08. The number of hydrogen-bond acceptors (Lipinski definition) is 5. The number of carbonyl (C=O) groups is 2. The van der Waals surface area contributed by atoms with Crippen LogP contribution in [0.1, 0.15) is 120 Å². The molecular formula is C46H50N4O3. The number of nitrogens with zero attached hydrogens (tertiary/aromatic N) is 2. The second kappa shape index (κ2) is 18.0. The van der Waals surface area contributed by atoms with Gasteiger partial charge in [0, 0.05) is 35.6 Å². The van der Waals surface area contributed by atoms with Gasteiger partial charge < -0.3 is 16.2 Å². The largest absolute Gasteiger partial charge is 0.478 e. The van der Waals surface area contributed by atoms with Crippen molar-refractivity contribution in [2.75, 3.05) is 13.1 Å². The number of rotatable bonds is 9. The van der Waals surface area contributed by atoms with Crippen molar-refractivity contribution in [3.63, 3.8) is 0 Å². The highest BCUT2D eigenvalue weighted by Gasteiger charge is 2.42. The number of aromatic nitrogens is 2. The third-order valence-corrected chi connectivity index (χ3v) is 11.0. The van der Waals surface area contributed by atoms with Crippen LogP contribution in [0, 0.1) is 46.3 Å². The van der Waals surface area contributed by atoms with E-state index in [-0.39, 0.29) is 11.5 Å². The Kier molecular flexibility index (Phi) is 12.7. The van der Waals surface area contributed by atoms with Crippen molar-refractivity contribution in [1.82, 2.24) is 15.3 Å². The van der Waals surface area contributed by atoms with Gasteiger partial charge >= 0.3 is 5.97 Å². The summed E-state index contributed by atoms with van der Waals surface area (Å²) in [6.45, 7) is 1.77. The first-order chi connectivity index (χ1) is 25.8. The molecule has 0 aliphatic heterocycles. The van der Waals surface area contributed by atoms with E-state index in [1.54, 1.807) is 24.5 Å². The molecule has 4 fully saturated rings. The summed E-state index contributed by atoms with van der Waals surface area (Å²) in [5.74, 6) is 13.0. The minimum absolute atomic E-state index is 0.0244. The Bertz CT molecular complexity index is 1920. The van der Waals surface area contributed by atoms with Crippen molar-refractivity contribution < 1.29 is 14.7 Å². The fourth-order valence-electron chi connectivity index (χ4n) is 7.08. The van der Waals surface area contributed by atoms with E-state index in [2.05, 4.69) is 39.0 Å². The van der Waals surface area contributed by atoms with Gasteiger partial charge in [0.15, 0.2) is 0 Å². The fraction of sp³-hybridized carbons (Fsp3) is 0.391. The molecule has 2 heterocycles. The maximum Gasteiger partial charge on any atom is 0.335 e. The first-order valence-corrected chi connectivity index (χ1v) is 19.1. The van der Waals surface area contributed by atoms with Gasteiger partial charge in [-0.2, -0.15) is 0 Å². The van der Waals surface area contributed by atoms with Crippen LogP contribution in [0.2, 0.25) is 0 Å². The Labute approximate surface area is 314 Å². The molecule has 4 aliphatic carbocycles. The highest BCUT2D eigenvalue weighted by atomic mass is 16.4. The predicted octanol–water partition coefficient (Wildman–Crippen LogP) is 8.28. The van der Waals surface area contributed by atoms with Crippen LogP contribution in [-0.4, -0.2) is 40.0 Å². The molecule has 0 bridgehead atoms. The van der Waals surface area contributed by atoms with E-state index < -0.39 is 5.97 Å². The molecule has 0 unspecified atom stereocenters. The highest BCUT2D eigenvalue weighted by molar-refractivity contribution is 5.94. The lowest BCUT2D eigenvalue weighted by Crippen LogP contribution is -2.42. The molecule has 0 saturated heterocycles. The van der Waals surface area contributed by atoms with E-state index in [9.17, 15) is 9.59 Å². The van der Waals surface area contributed by atoms with E-state index in [0.717, 1.165) is 41.7 Å². The Morgan fingerprint density at radius 1 is 0.660 bits per heavy atom. The van der Waals surface area contributed by atoms with Crippen LogP contribution in [0.15, 0.2) is 97.3 Å². The maximum absolute atomic E-state index is 12.5. The number of carboxylic acids is 1. The normalized spacial score (nSPS) is 17.2. The Balaban J connectivity index is 0.000000152. The maximum atomic E-state index is 12.5. The molecule has 1 amide bonds. The lowest BCUT2D eigenvalue weighted by molar-refractivity contribution is 0.0696. The van der Waals surface area contributed by atoms with E-state index in [1.807, 2.05) is 60.7 Å². The molecule has 272 valence electrons. The number of hydrogen-bond donors (Lipinski definition) is 3. The number of pyridine rings is 2. The molecule has 4 N–H and O–H groups in total. The first kappa shape index (κ1) is 37.5. The zero-order chi connectivity index (χ0) is 36.9. The SMILES string of the molecule is NCC1(CC2CC2)CCC1.O=C(NCC1(CC2CC2)CCC1)c1ccc(C#Cc2ccccn2)cc1.O=C(O)c1ccc(C#Cc2ccccn2)cc1. The molecule has 7 nitrogen and oxygen atoms in total. The molecule has 4 aromatic rings. The predicted molar refractivity (Wildman–Crippen MR) is 209 cm³/mol. The van der Waals surface area contributed by atoms with Crippen LogP contribution < -0.4 is 11.1 Å². The number of nitrogens with two attached hydrogens (primary N) is 1. The third-order valence-electron chi connectivity index (χ3n) is 11.0. The second-order valence-electron chi connectivity index (χ2n) is 15.3. The number of carbonyl (C=O) groups excluding carboxylic acids is 1. The van der Waals surface area contributed by atoms with Crippen molar-refractivity contribution in [3.8, 4) is 23.7 Å². The molecule has 4 aliphatic rings. The molecule has 0 atom stereocenters. The van der Waals surface area contributed by atoms with Gasteiger partial charge in [0.25, 0.3) is 5.91 Å². The van der Waals surface area contributed by atoms with Crippen LogP contribution in [0.5, 0.6) is 0 Å². The highest BCUT2D eigenvalue weighted by Crippen LogP contribution is 2.51. The molecule has 8 rings (SSSR count). The molecular weight excluding hydrogens is 657 g/mol. The summed E-state index contributed by atoms with van der Waals surface area (Å²) in [7, 11) is 0. The van der Waals surface area contributed by atoms with Gasteiger partial charge in [-0.15, -0.1) is 0 Å². The van der Waals surface area contributed by atoms with Gasteiger partial charge in [-0.3, -0.25) is 4.79 Å². The van der Waals surface area contributed by atoms with Crippen molar-refractivity contribution in [2.45, 2.75) is 77.0 Å². The van der Waals surface area contributed by atoms with E-state index in [4.69, 9.17) is 10.8 Å². The summed E-state index contributed by atoms with van der Waals surface area (Å²) < 4.78 is 0. The topological polar surface area (TPSA) is 118 Å². The van der Waals surface area contributed by atoms with E-state index in [1.165, 1.54) is 89.2 Å². The van der Waals surface area contributed by atoms with Gasteiger partial charge in [-0.05, 0) is 152 Å². The quantitative estimate of drug-likeness (QED) is 0.151. The molecule has 53 heavy (non-hydrogen) atoms.